The summed E-state index contributed by atoms with van der Waals surface area (Å²) in [6, 6.07) is 8.30. The van der Waals surface area contributed by atoms with Gasteiger partial charge in [-0.3, -0.25) is 0 Å². The van der Waals surface area contributed by atoms with E-state index in [1.807, 2.05) is 24.3 Å². The number of aromatic carboxylic acids is 1. The molecule has 0 saturated heterocycles. The fraction of sp³-hybridized carbons (Fsp3) is 0.154. The van der Waals surface area contributed by atoms with Crippen LogP contribution >= 0.6 is 0 Å². The van der Waals surface area contributed by atoms with E-state index in [1.165, 1.54) is 0 Å². The van der Waals surface area contributed by atoms with Gasteiger partial charge in [0.05, 0.1) is 12.2 Å². The van der Waals surface area contributed by atoms with Crippen molar-refractivity contribution in [2.75, 3.05) is 13.7 Å². The van der Waals surface area contributed by atoms with Gasteiger partial charge in [-0.15, -0.1) is 0 Å². The summed E-state index contributed by atoms with van der Waals surface area (Å²) in [5.41, 5.74) is 0.331. The Kier molecular flexibility index (Phi) is 4.81. The smallest absolute Gasteiger partial charge is 0.335 e. The van der Waals surface area contributed by atoms with Crippen LogP contribution in [0.2, 0.25) is 0 Å². The Hall–Kier alpha value is -2.23. The van der Waals surface area contributed by atoms with Crippen LogP contribution in [0.15, 0.2) is 55.5 Å². The third kappa shape index (κ3) is 4.42. The molecule has 1 aliphatic heterocycles. The second-order valence-corrected chi connectivity index (χ2v) is 3.56. The summed E-state index contributed by atoms with van der Waals surface area (Å²) in [7, 11) is 2.03. The SMILES string of the molecule is C=CN1C=CN(C)C1.O=C(O)c1ccccc1. The first-order chi connectivity index (χ1) is 8.13. The van der Waals surface area contributed by atoms with Crippen LogP contribution in [0.4, 0.5) is 0 Å². The Morgan fingerprint density at radius 2 is 2.00 bits per heavy atom. The zero-order valence-electron chi connectivity index (χ0n) is 9.78. The molecule has 0 bridgehead atoms. The third-order valence-corrected chi connectivity index (χ3v) is 2.15. The molecule has 0 aromatic heterocycles. The number of benzene rings is 1. The molecule has 4 heteroatoms. The van der Waals surface area contributed by atoms with Crippen LogP contribution < -0.4 is 0 Å². The van der Waals surface area contributed by atoms with Crippen LogP contribution in [-0.4, -0.2) is 34.6 Å². The maximum atomic E-state index is 10.2. The van der Waals surface area contributed by atoms with E-state index in [4.69, 9.17) is 5.11 Å². The van der Waals surface area contributed by atoms with Gasteiger partial charge in [-0.25, -0.2) is 4.79 Å². The average Bonchev–Trinajstić information content (AvgIpc) is 2.77. The van der Waals surface area contributed by atoms with Crippen molar-refractivity contribution in [2.24, 2.45) is 0 Å². The van der Waals surface area contributed by atoms with E-state index in [0.29, 0.717) is 5.56 Å². The Morgan fingerprint density at radius 1 is 1.35 bits per heavy atom. The lowest BCUT2D eigenvalue weighted by molar-refractivity contribution is 0.0697. The molecule has 0 saturated carbocycles. The number of hydrogen-bond acceptors (Lipinski definition) is 3. The molecular weight excluding hydrogens is 216 g/mol. The molecule has 90 valence electrons. The Bertz CT molecular complexity index is 401. The van der Waals surface area contributed by atoms with E-state index >= 15 is 0 Å². The minimum atomic E-state index is -0.879. The topological polar surface area (TPSA) is 43.8 Å². The van der Waals surface area contributed by atoms with E-state index in [0.717, 1.165) is 6.67 Å². The highest BCUT2D eigenvalue weighted by Crippen LogP contribution is 2.01. The molecule has 0 unspecified atom stereocenters. The van der Waals surface area contributed by atoms with Gasteiger partial charge in [0.15, 0.2) is 0 Å². The first-order valence-corrected chi connectivity index (χ1v) is 5.18. The summed E-state index contributed by atoms with van der Waals surface area (Å²) in [6.07, 6.45) is 5.81. The van der Waals surface area contributed by atoms with Crippen LogP contribution in [-0.2, 0) is 0 Å². The molecule has 1 N–H and O–H groups in total. The maximum absolute atomic E-state index is 10.2. The lowest BCUT2D eigenvalue weighted by atomic mass is 10.2. The number of hydrogen-bond donors (Lipinski definition) is 1. The van der Waals surface area contributed by atoms with Gasteiger partial charge < -0.3 is 14.9 Å². The van der Waals surface area contributed by atoms with Crippen molar-refractivity contribution >= 4 is 5.97 Å². The van der Waals surface area contributed by atoms with E-state index in [1.54, 1.807) is 36.5 Å². The quantitative estimate of drug-likeness (QED) is 0.849. The minimum absolute atomic E-state index is 0.331. The first-order valence-electron chi connectivity index (χ1n) is 5.18. The van der Waals surface area contributed by atoms with Crippen molar-refractivity contribution in [1.82, 2.24) is 9.80 Å². The van der Waals surface area contributed by atoms with Gasteiger partial charge in [0.1, 0.15) is 0 Å². The molecule has 0 aliphatic carbocycles. The zero-order chi connectivity index (χ0) is 12.7. The molecular formula is C13H16N2O2. The van der Waals surface area contributed by atoms with Crippen molar-refractivity contribution in [2.45, 2.75) is 0 Å². The number of carboxylic acid groups (broad SMARTS) is 1. The molecule has 1 heterocycles. The van der Waals surface area contributed by atoms with Gasteiger partial charge in [-0.2, -0.15) is 0 Å². The Balaban J connectivity index is 0.000000171. The van der Waals surface area contributed by atoms with E-state index in [9.17, 15) is 4.79 Å². The third-order valence-electron chi connectivity index (χ3n) is 2.15. The lowest BCUT2D eigenvalue weighted by Crippen LogP contribution is -2.16. The summed E-state index contributed by atoms with van der Waals surface area (Å²) < 4.78 is 0. The summed E-state index contributed by atoms with van der Waals surface area (Å²) in [6.45, 7) is 4.56. The van der Waals surface area contributed by atoms with Crippen molar-refractivity contribution in [3.63, 3.8) is 0 Å². The minimum Gasteiger partial charge on any atom is -0.478 e. The largest absolute Gasteiger partial charge is 0.478 e. The Morgan fingerprint density at radius 3 is 2.29 bits per heavy atom. The average molecular weight is 232 g/mol. The van der Waals surface area contributed by atoms with Crippen molar-refractivity contribution in [1.29, 1.82) is 0 Å². The van der Waals surface area contributed by atoms with E-state index in [-0.39, 0.29) is 0 Å². The monoisotopic (exact) mass is 232 g/mol. The molecule has 4 nitrogen and oxygen atoms in total. The number of carbonyl (C=O) groups is 1. The molecule has 1 aliphatic rings. The predicted molar refractivity (Wildman–Crippen MR) is 67.2 cm³/mol. The second kappa shape index (κ2) is 6.37. The molecule has 0 radical (unpaired) electrons. The molecule has 0 amide bonds. The van der Waals surface area contributed by atoms with Crippen LogP contribution in [0, 0.1) is 0 Å². The van der Waals surface area contributed by atoms with Crippen LogP contribution in [0.3, 0.4) is 0 Å². The normalized spacial score (nSPS) is 13.0. The van der Waals surface area contributed by atoms with Crippen molar-refractivity contribution in [3.8, 4) is 0 Å². The van der Waals surface area contributed by atoms with Gasteiger partial charge >= 0.3 is 5.97 Å². The Labute approximate surface area is 101 Å². The highest BCUT2D eigenvalue weighted by atomic mass is 16.4. The summed E-state index contributed by atoms with van der Waals surface area (Å²) in [5, 5.41) is 8.38. The lowest BCUT2D eigenvalue weighted by Gasteiger charge is -2.11. The fourth-order valence-corrected chi connectivity index (χ4v) is 1.25. The molecule has 1 aromatic carbocycles. The summed E-state index contributed by atoms with van der Waals surface area (Å²) >= 11 is 0. The van der Waals surface area contributed by atoms with Gasteiger partial charge in [-0.1, -0.05) is 24.8 Å². The van der Waals surface area contributed by atoms with Crippen LogP contribution in [0.25, 0.3) is 0 Å². The van der Waals surface area contributed by atoms with Crippen LogP contribution in [0.5, 0.6) is 0 Å². The highest BCUT2D eigenvalue weighted by molar-refractivity contribution is 5.87. The van der Waals surface area contributed by atoms with E-state index in [2.05, 4.69) is 11.5 Å². The molecule has 0 spiro atoms. The van der Waals surface area contributed by atoms with Gasteiger partial charge in [-0.05, 0) is 18.3 Å². The van der Waals surface area contributed by atoms with Gasteiger partial charge in [0, 0.05) is 19.4 Å². The summed E-state index contributed by atoms with van der Waals surface area (Å²) in [4.78, 5) is 14.3. The first kappa shape index (κ1) is 12.8. The fourth-order valence-electron chi connectivity index (χ4n) is 1.25. The van der Waals surface area contributed by atoms with Crippen molar-refractivity contribution < 1.29 is 9.90 Å². The molecule has 17 heavy (non-hydrogen) atoms. The molecule has 2 rings (SSSR count). The summed E-state index contributed by atoms with van der Waals surface area (Å²) in [5.74, 6) is -0.879. The van der Waals surface area contributed by atoms with Crippen molar-refractivity contribution in [3.05, 3.63) is 61.1 Å². The number of rotatable bonds is 2. The molecule has 0 atom stereocenters. The standard InChI is InChI=1S/C7H6O2.C6H10N2/c8-7(9)6-4-2-1-3-5-6;1-3-8-5-4-7(2)6-8/h1-5H,(H,8,9);3-5H,1,6H2,2H3. The molecule has 1 aromatic rings. The van der Waals surface area contributed by atoms with Gasteiger partial charge in [0.2, 0.25) is 0 Å². The van der Waals surface area contributed by atoms with Gasteiger partial charge in [0.25, 0.3) is 0 Å². The number of carboxylic acids is 1. The van der Waals surface area contributed by atoms with Crippen LogP contribution in [0.1, 0.15) is 10.4 Å². The number of nitrogens with zero attached hydrogens (tertiary/aromatic N) is 2. The van der Waals surface area contributed by atoms with E-state index < -0.39 is 5.97 Å². The molecule has 0 fully saturated rings. The highest BCUT2D eigenvalue weighted by Gasteiger charge is 2.01. The maximum Gasteiger partial charge on any atom is 0.335 e. The predicted octanol–water partition coefficient (Wildman–Crippen LogP) is 2.19. The second-order valence-electron chi connectivity index (χ2n) is 3.56. The zero-order valence-corrected chi connectivity index (χ0v) is 9.78.